The van der Waals surface area contributed by atoms with Crippen molar-refractivity contribution >= 4 is 17.5 Å². The molecule has 3 rings (SSSR count). The second-order valence-electron chi connectivity index (χ2n) is 7.19. The van der Waals surface area contributed by atoms with E-state index in [1.54, 1.807) is 30.0 Å². The van der Waals surface area contributed by atoms with Gasteiger partial charge in [-0.15, -0.1) is 0 Å². The summed E-state index contributed by atoms with van der Waals surface area (Å²) in [5.74, 6) is -0.551. The zero-order valence-corrected chi connectivity index (χ0v) is 15.3. The molecule has 1 heterocycles. The lowest BCUT2D eigenvalue weighted by Crippen LogP contribution is -2.45. The molecule has 1 aliphatic heterocycles. The van der Waals surface area contributed by atoms with Crippen molar-refractivity contribution in [1.29, 1.82) is 0 Å². The molecule has 1 aliphatic rings. The SMILES string of the molecule is Cc1ccc(NC(=O)C(CC(C)C)N2Cc3ccccc3C2=O)cc1F. The van der Waals surface area contributed by atoms with E-state index < -0.39 is 6.04 Å². The molecule has 4 nitrogen and oxygen atoms in total. The van der Waals surface area contributed by atoms with E-state index in [-0.39, 0.29) is 23.5 Å². The summed E-state index contributed by atoms with van der Waals surface area (Å²) >= 11 is 0. The van der Waals surface area contributed by atoms with Crippen LogP contribution in [0.2, 0.25) is 0 Å². The molecule has 2 aromatic carbocycles. The highest BCUT2D eigenvalue weighted by molar-refractivity contribution is 6.03. The number of nitrogens with zero attached hydrogens (tertiary/aromatic N) is 1. The number of anilines is 1. The van der Waals surface area contributed by atoms with Crippen molar-refractivity contribution in [1.82, 2.24) is 4.90 Å². The summed E-state index contributed by atoms with van der Waals surface area (Å²) in [6.45, 7) is 6.11. The Morgan fingerprint density at radius 2 is 1.96 bits per heavy atom. The zero-order valence-electron chi connectivity index (χ0n) is 15.3. The van der Waals surface area contributed by atoms with Crippen LogP contribution in [-0.4, -0.2) is 22.8 Å². The quantitative estimate of drug-likeness (QED) is 0.877. The lowest BCUT2D eigenvalue weighted by Gasteiger charge is -2.28. The maximum absolute atomic E-state index is 13.8. The van der Waals surface area contributed by atoms with Gasteiger partial charge in [-0.25, -0.2) is 4.39 Å². The van der Waals surface area contributed by atoms with Gasteiger partial charge >= 0.3 is 0 Å². The van der Waals surface area contributed by atoms with Crippen LogP contribution in [-0.2, 0) is 11.3 Å². The highest BCUT2D eigenvalue weighted by atomic mass is 19.1. The summed E-state index contributed by atoms with van der Waals surface area (Å²) < 4.78 is 13.8. The number of halogens is 1. The van der Waals surface area contributed by atoms with Gasteiger partial charge in [-0.3, -0.25) is 9.59 Å². The minimum absolute atomic E-state index is 0.128. The van der Waals surface area contributed by atoms with E-state index in [0.717, 1.165) is 5.56 Å². The topological polar surface area (TPSA) is 49.4 Å². The molecule has 5 heteroatoms. The molecule has 0 spiro atoms. The fraction of sp³-hybridized carbons (Fsp3) is 0.333. The molecular formula is C21H23FN2O2. The predicted molar refractivity (Wildman–Crippen MR) is 99.3 cm³/mol. The summed E-state index contributed by atoms with van der Waals surface area (Å²) in [6.07, 6.45) is 0.542. The minimum atomic E-state index is -0.598. The van der Waals surface area contributed by atoms with Crippen LogP contribution in [0.25, 0.3) is 0 Å². The number of rotatable bonds is 5. The van der Waals surface area contributed by atoms with Gasteiger partial charge in [0.15, 0.2) is 0 Å². The van der Waals surface area contributed by atoms with E-state index in [1.165, 1.54) is 6.07 Å². The van der Waals surface area contributed by atoms with Crippen molar-refractivity contribution in [2.45, 2.75) is 39.8 Å². The van der Waals surface area contributed by atoms with Crippen LogP contribution in [0, 0.1) is 18.7 Å². The first kappa shape index (κ1) is 18.1. The predicted octanol–water partition coefficient (Wildman–Crippen LogP) is 4.14. The van der Waals surface area contributed by atoms with Gasteiger partial charge in [-0.05, 0) is 48.6 Å². The largest absolute Gasteiger partial charge is 0.324 e. The van der Waals surface area contributed by atoms with E-state index in [9.17, 15) is 14.0 Å². The molecule has 0 saturated heterocycles. The number of hydrogen-bond donors (Lipinski definition) is 1. The number of fused-ring (bicyclic) bond motifs is 1. The Labute approximate surface area is 153 Å². The molecule has 1 N–H and O–H groups in total. The molecule has 26 heavy (non-hydrogen) atoms. The lowest BCUT2D eigenvalue weighted by atomic mass is 10.0. The first-order chi connectivity index (χ1) is 12.4. The van der Waals surface area contributed by atoms with Gasteiger partial charge in [-0.2, -0.15) is 0 Å². The fourth-order valence-corrected chi connectivity index (χ4v) is 3.25. The van der Waals surface area contributed by atoms with Crippen molar-refractivity contribution in [2.24, 2.45) is 5.92 Å². The molecule has 0 bridgehead atoms. The highest BCUT2D eigenvalue weighted by Crippen LogP contribution is 2.27. The zero-order chi connectivity index (χ0) is 18.8. The summed E-state index contributed by atoms with van der Waals surface area (Å²) in [7, 11) is 0. The first-order valence-corrected chi connectivity index (χ1v) is 8.82. The Morgan fingerprint density at radius 1 is 1.23 bits per heavy atom. The lowest BCUT2D eigenvalue weighted by molar-refractivity contribution is -0.121. The molecule has 2 aromatic rings. The second kappa shape index (κ2) is 7.28. The van der Waals surface area contributed by atoms with E-state index in [4.69, 9.17) is 0 Å². The van der Waals surface area contributed by atoms with Gasteiger partial charge in [-0.1, -0.05) is 38.1 Å². The van der Waals surface area contributed by atoms with E-state index in [1.807, 2.05) is 32.0 Å². The fourth-order valence-electron chi connectivity index (χ4n) is 3.25. The highest BCUT2D eigenvalue weighted by Gasteiger charge is 2.36. The first-order valence-electron chi connectivity index (χ1n) is 8.82. The number of benzene rings is 2. The van der Waals surface area contributed by atoms with Gasteiger partial charge in [0.2, 0.25) is 5.91 Å². The third-order valence-corrected chi connectivity index (χ3v) is 4.66. The molecule has 0 fully saturated rings. The van der Waals surface area contributed by atoms with Crippen molar-refractivity contribution in [3.05, 3.63) is 65.0 Å². The monoisotopic (exact) mass is 354 g/mol. The molecule has 1 atom stereocenters. The van der Waals surface area contributed by atoms with Crippen LogP contribution in [0.4, 0.5) is 10.1 Å². The van der Waals surface area contributed by atoms with Gasteiger partial charge in [0.25, 0.3) is 5.91 Å². The van der Waals surface area contributed by atoms with Crippen molar-refractivity contribution in [3.8, 4) is 0 Å². The Morgan fingerprint density at radius 3 is 2.62 bits per heavy atom. The summed E-state index contributed by atoms with van der Waals surface area (Å²) in [5, 5.41) is 2.77. The molecule has 0 saturated carbocycles. The summed E-state index contributed by atoms with van der Waals surface area (Å²) in [5.41, 5.74) is 2.50. The maximum Gasteiger partial charge on any atom is 0.255 e. The van der Waals surface area contributed by atoms with Crippen molar-refractivity contribution in [2.75, 3.05) is 5.32 Å². The Hall–Kier alpha value is -2.69. The van der Waals surface area contributed by atoms with Crippen LogP contribution < -0.4 is 5.32 Å². The minimum Gasteiger partial charge on any atom is -0.324 e. The van der Waals surface area contributed by atoms with Gasteiger partial charge in [0, 0.05) is 17.8 Å². The van der Waals surface area contributed by atoms with Crippen LogP contribution >= 0.6 is 0 Å². The molecule has 2 amide bonds. The van der Waals surface area contributed by atoms with E-state index >= 15 is 0 Å². The number of amides is 2. The number of carbonyl (C=O) groups is 2. The molecule has 136 valence electrons. The normalized spacial score (nSPS) is 14.5. The second-order valence-corrected chi connectivity index (χ2v) is 7.19. The van der Waals surface area contributed by atoms with Gasteiger partial charge in [0.1, 0.15) is 11.9 Å². The van der Waals surface area contributed by atoms with Gasteiger partial charge in [0.05, 0.1) is 0 Å². The van der Waals surface area contributed by atoms with Gasteiger partial charge < -0.3 is 10.2 Å². The maximum atomic E-state index is 13.8. The number of hydrogen-bond acceptors (Lipinski definition) is 2. The van der Waals surface area contributed by atoms with Crippen molar-refractivity contribution < 1.29 is 14.0 Å². The standard InChI is InChI=1S/C21H23FN2O2/c1-13(2)10-19(20(25)23-16-9-8-14(3)18(22)11-16)24-12-15-6-4-5-7-17(15)21(24)26/h4-9,11,13,19H,10,12H2,1-3H3,(H,23,25). The smallest absolute Gasteiger partial charge is 0.255 e. The van der Waals surface area contributed by atoms with Crippen molar-refractivity contribution in [3.63, 3.8) is 0 Å². The van der Waals surface area contributed by atoms with Crippen LogP contribution in [0.5, 0.6) is 0 Å². The number of carbonyl (C=O) groups excluding carboxylic acids is 2. The number of nitrogens with one attached hydrogen (secondary N) is 1. The molecule has 0 aromatic heterocycles. The average Bonchev–Trinajstić information content (AvgIpc) is 2.93. The van der Waals surface area contributed by atoms with Crippen LogP contribution in [0.3, 0.4) is 0 Å². The summed E-state index contributed by atoms with van der Waals surface area (Å²) in [6, 6.07) is 11.4. The Balaban J connectivity index is 1.83. The Kier molecular flexibility index (Phi) is 5.07. The molecular weight excluding hydrogens is 331 g/mol. The Bertz CT molecular complexity index is 848. The van der Waals surface area contributed by atoms with Crippen LogP contribution in [0.1, 0.15) is 41.8 Å². The van der Waals surface area contributed by atoms with Crippen LogP contribution in [0.15, 0.2) is 42.5 Å². The molecule has 0 aliphatic carbocycles. The average molecular weight is 354 g/mol. The summed E-state index contributed by atoms with van der Waals surface area (Å²) in [4.78, 5) is 27.3. The molecule has 1 unspecified atom stereocenters. The number of aryl methyl sites for hydroxylation is 1. The van der Waals surface area contributed by atoms with E-state index in [0.29, 0.717) is 29.8 Å². The third kappa shape index (κ3) is 3.62. The third-order valence-electron chi connectivity index (χ3n) is 4.66. The van der Waals surface area contributed by atoms with E-state index in [2.05, 4.69) is 5.32 Å². The molecule has 0 radical (unpaired) electrons.